The number of hydrogen-bond acceptors (Lipinski definition) is 10. The molecular weight excluding hydrogens is 548 g/mol. The van der Waals surface area contributed by atoms with Gasteiger partial charge in [0.1, 0.15) is 18.6 Å². The summed E-state index contributed by atoms with van der Waals surface area (Å²) in [6.45, 7) is 9.44. The number of amides is 2. The number of benzene rings is 2. The van der Waals surface area contributed by atoms with Gasteiger partial charge in [-0.05, 0) is 50.8 Å². The van der Waals surface area contributed by atoms with Gasteiger partial charge in [0, 0.05) is 44.8 Å². The number of ether oxygens (including phenoxy) is 1. The quantitative estimate of drug-likeness (QED) is 0.152. The molecule has 0 radical (unpaired) electrons. The highest BCUT2D eigenvalue weighted by molar-refractivity contribution is 5.78. The second kappa shape index (κ2) is 24.4. The number of nitrogens with two attached hydrogens (primary N) is 2. The van der Waals surface area contributed by atoms with Crippen LogP contribution in [0.1, 0.15) is 37.8 Å². The molecule has 1 heterocycles. The van der Waals surface area contributed by atoms with E-state index < -0.39 is 0 Å². The van der Waals surface area contributed by atoms with E-state index in [0.717, 1.165) is 34.2 Å². The van der Waals surface area contributed by atoms with Crippen LogP contribution in [0.25, 0.3) is 0 Å². The first-order valence-electron chi connectivity index (χ1n) is 14.4. The zero-order valence-corrected chi connectivity index (χ0v) is 26.3. The third-order valence-electron chi connectivity index (χ3n) is 5.62. The third kappa shape index (κ3) is 17.4. The summed E-state index contributed by atoms with van der Waals surface area (Å²) in [6.07, 6.45) is 2.44. The van der Waals surface area contributed by atoms with E-state index in [2.05, 4.69) is 35.1 Å². The molecule has 0 atom stereocenters. The minimum absolute atomic E-state index is 0.104. The predicted molar refractivity (Wildman–Crippen MR) is 172 cm³/mol. The molecule has 12 nitrogen and oxygen atoms in total. The molecule has 0 aromatic heterocycles. The zero-order valence-electron chi connectivity index (χ0n) is 26.3. The van der Waals surface area contributed by atoms with Crippen molar-refractivity contribution in [2.75, 3.05) is 71.0 Å². The van der Waals surface area contributed by atoms with Gasteiger partial charge < -0.3 is 36.5 Å². The van der Waals surface area contributed by atoms with E-state index >= 15 is 0 Å². The minimum atomic E-state index is -0.285. The Labute approximate surface area is 256 Å². The lowest BCUT2D eigenvalue weighted by molar-refractivity contribution is -0.142. The fraction of sp³-hybridized carbons (Fsp3) is 0.484. The first-order chi connectivity index (χ1) is 20.8. The molecule has 6 N–H and O–H groups in total. The van der Waals surface area contributed by atoms with Gasteiger partial charge in [-0.1, -0.05) is 44.0 Å². The van der Waals surface area contributed by atoms with Gasteiger partial charge in [0.05, 0.1) is 24.8 Å². The van der Waals surface area contributed by atoms with E-state index in [-0.39, 0.29) is 32.0 Å². The van der Waals surface area contributed by atoms with Gasteiger partial charge in [-0.25, -0.2) is 5.01 Å². The van der Waals surface area contributed by atoms with Gasteiger partial charge in [0.25, 0.3) is 0 Å². The van der Waals surface area contributed by atoms with Crippen LogP contribution in [-0.4, -0.2) is 93.5 Å². The van der Waals surface area contributed by atoms with Crippen molar-refractivity contribution < 1.29 is 19.1 Å². The predicted octanol–water partition coefficient (Wildman–Crippen LogP) is 2.40. The number of carbonyl (C=O) groups excluding carboxylic acids is 3. The molecule has 0 unspecified atom stereocenters. The van der Waals surface area contributed by atoms with Crippen LogP contribution in [-0.2, 0) is 20.9 Å². The average molecular weight is 599 g/mol. The molecule has 0 saturated heterocycles. The number of carbonyl (C=O) groups is 3. The van der Waals surface area contributed by atoms with Gasteiger partial charge in [0.2, 0.25) is 12.3 Å². The molecule has 0 aliphatic carbocycles. The summed E-state index contributed by atoms with van der Waals surface area (Å²) in [6, 6.07) is 15.8. The van der Waals surface area contributed by atoms with Crippen molar-refractivity contribution in [3.05, 3.63) is 53.6 Å². The van der Waals surface area contributed by atoms with Gasteiger partial charge in [0.15, 0.2) is 0 Å². The van der Waals surface area contributed by atoms with Crippen molar-refractivity contribution in [1.82, 2.24) is 20.2 Å². The first kappa shape index (κ1) is 38.8. The van der Waals surface area contributed by atoms with E-state index in [1.165, 1.54) is 24.0 Å². The maximum Gasteiger partial charge on any atom is 0.236 e. The Hall–Kier alpha value is -4.18. The first-order valence-corrected chi connectivity index (χ1v) is 14.4. The molecule has 0 fully saturated rings. The van der Waals surface area contributed by atoms with Crippen LogP contribution >= 0.6 is 0 Å². The van der Waals surface area contributed by atoms with Crippen molar-refractivity contribution in [2.24, 2.45) is 5.73 Å². The van der Waals surface area contributed by atoms with Crippen molar-refractivity contribution in [2.45, 2.75) is 40.2 Å². The van der Waals surface area contributed by atoms with Gasteiger partial charge >= 0.3 is 0 Å². The number of hydrazine groups is 1. The number of fused-ring (bicyclic) bond motifs is 1. The number of nitrogen functional groups attached to an aromatic ring is 1. The van der Waals surface area contributed by atoms with Crippen molar-refractivity contribution in [1.29, 1.82) is 5.26 Å². The Morgan fingerprint density at radius 2 is 1.81 bits per heavy atom. The molecule has 1 aliphatic heterocycles. The molecule has 2 aromatic rings. The zero-order chi connectivity index (χ0) is 32.5. The average Bonchev–Trinajstić information content (AvgIpc) is 3.01. The van der Waals surface area contributed by atoms with Gasteiger partial charge in [-0.3, -0.25) is 14.6 Å². The minimum Gasteiger partial charge on any atom is -0.490 e. The van der Waals surface area contributed by atoms with E-state index in [1.807, 2.05) is 62.5 Å². The molecule has 3 rings (SSSR count). The van der Waals surface area contributed by atoms with Gasteiger partial charge in [-0.2, -0.15) is 5.26 Å². The highest BCUT2D eigenvalue weighted by atomic mass is 16.5. The molecule has 12 heteroatoms. The van der Waals surface area contributed by atoms with E-state index in [9.17, 15) is 14.4 Å². The molecule has 43 heavy (non-hydrogen) atoms. The third-order valence-corrected chi connectivity index (χ3v) is 5.62. The second-order valence-corrected chi connectivity index (χ2v) is 9.50. The molecule has 2 amide bonds. The Morgan fingerprint density at radius 3 is 2.40 bits per heavy atom. The SMILES string of the molecule is CCC.CN.CN(CCNC(=O)CN(CCC#N)N(C=O)CC=O)Cc1ccc2c(c1)OCCN2.Cc1ccc(N)cc1. The van der Waals surface area contributed by atoms with Crippen LogP contribution in [0, 0.1) is 18.3 Å². The summed E-state index contributed by atoms with van der Waals surface area (Å²) in [4.78, 5) is 36.2. The molecule has 0 bridgehead atoms. The Bertz CT molecular complexity index is 1070. The number of likely N-dealkylation sites (N-methyl/N-ethyl adjacent to an activating group) is 1. The fourth-order valence-electron chi connectivity index (χ4n) is 3.62. The van der Waals surface area contributed by atoms with Crippen molar-refractivity contribution in [3.8, 4) is 11.8 Å². The highest BCUT2D eigenvalue weighted by Gasteiger charge is 2.17. The Balaban J connectivity index is 0.00000113. The van der Waals surface area contributed by atoms with E-state index in [1.54, 1.807) is 0 Å². The van der Waals surface area contributed by atoms with Crippen molar-refractivity contribution >= 4 is 30.0 Å². The van der Waals surface area contributed by atoms with Crippen LogP contribution in [0.2, 0.25) is 0 Å². The summed E-state index contributed by atoms with van der Waals surface area (Å²) in [5.41, 5.74) is 14.1. The second-order valence-electron chi connectivity index (χ2n) is 9.50. The van der Waals surface area contributed by atoms with Crippen LogP contribution < -0.4 is 26.8 Å². The largest absolute Gasteiger partial charge is 0.490 e. The number of nitriles is 1. The monoisotopic (exact) mass is 598 g/mol. The number of aldehydes is 1. The summed E-state index contributed by atoms with van der Waals surface area (Å²) < 4.78 is 5.66. The lowest BCUT2D eigenvalue weighted by Crippen LogP contribution is -2.49. The molecule has 1 aliphatic rings. The molecule has 238 valence electrons. The number of rotatable bonds is 13. The van der Waals surface area contributed by atoms with Crippen LogP contribution in [0.15, 0.2) is 42.5 Å². The Kier molecular flexibility index (Phi) is 22.0. The lowest BCUT2D eigenvalue weighted by atomic mass is 10.1. The van der Waals surface area contributed by atoms with Crippen LogP contribution in [0.5, 0.6) is 5.75 Å². The van der Waals surface area contributed by atoms with E-state index in [4.69, 9.17) is 15.7 Å². The van der Waals surface area contributed by atoms with Crippen LogP contribution in [0.3, 0.4) is 0 Å². The number of nitrogens with one attached hydrogen (secondary N) is 2. The fourth-order valence-corrected chi connectivity index (χ4v) is 3.62. The topological polar surface area (TPSA) is 170 Å². The Morgan fingerprint density at radius 1 is 1.14 bits per heavy atom. The summed E-state index contributed by atoms with van der Waals surface area (Å²) >= 11 is 0. The number of anilines is 2. The number of aryl methyl sites for hydroxylation is 1. The maximum absolute atomic E-state index is 12.2. The van der Waals surface area contributed by atoms with Crippen molar-refractivity contribution in [3.63, 3.8) is 0 Å². The summed E-state index contributed by atoms with van der Waals surface area (Å²) in [5, 5.41) is 17.3. The molecule has 0 spiro atoms. The molecule has 2 aromatic carbocycles. The smallest absolute Gasteiger partial charge is 0.236 e. The lowest BCUT2D eigenvalue weighted by Gasteiger charge is -2.29. The highest BCUT2D eigenvalue weighted by Crippen LogP contribution is 2.28. The molecular formula is C31H50N8O4. The number of hydrogen-bond donors (Lipinski definition) is 4. The summed E-state index contributed by atoms with van der Waals surface area (Å²) in [7, 11) is 3.46. The number of nitrogens with zero attached hydrogens (tertiary/aromatic N) is 4. The standard InChI is InChI=1S/C20H28N6O4.C7H9N.C3H8.CH5N/c1-24(14-17-3-4-18-19(13-17)30-12-7-22-18)9-6-23-20(29)15-25(8-2-5-21)26(16-28)10-11-27;1-6-2-4-7(8)5-3-6;1-3-2;1-2/h3-4,11,13,16,22H,2,6-10,12,14-15H2,1H3,(H,23,29);2-5H,8H2,1H3;3H2,1-2H3;2H2,1H3. The van der Waals surface area contributed by atoms with E-state index in [0.29, 0.717) is 38.9 Å². The normalized spacial score (nSPS) is 10.9. The molecule has 0 saturated carbocycles. The maximum atomic E-state index is 12.2. The van der Waals surface area contributed by atoms with Crippen LogP contribution in [0.4, 0.5) is 11.4 Å². The summed E-state index contributed by atoms with van der Waals surface area (Å²) in [5.74, 6) is 0.570. The van der Waals surface area contributed by atoms with Gasteiger partial charge in [-0.15, -0.1) is 0 Å².